The lowest BCUT2D eigenvalue weighted by Gasteiger charge is -2.50. The maximum absolute atomic E-state index is 13.0. The van der Waals surface area contributed by atoms with Crippen molar-refractivity contribution in [1.82, 2.24) is 10.2 Å². The highest BCUT2D eigenvalue weighted by molar-refractivity contribution is 6.34. The van der Waals surface area contributed by atoms with Crippen molar-refractivity contribution < 1.29 is 23.1 Å². The quantitative estimate of drug-likeness (QED) is 0.496. The molecule has 1 aliphatic heterocycles. The Hall–Kier alpha value is -2.78. The number of amides is 1. The van der Waals surface area contributed by atoms with Crippen LogP contribution in [0.4, 0.5) is 24.5 Å². The fraction of sp³-hybridized carbons (Fsp3) is 0.391. The van der Waals surface area contributed by atoms with E-state index in [4.69, 9.17) is 17.0 Å². The second kappa shape index (κ2) is 7.92. The number of aliphatic hydroxyl groups is 1. The first-order chi connectivity index (χ1) is 15.3. The highest BCUT2D eigenvalue weighted by atomic mass is 35.5. The van der Waals surface area contributed by atoms with Gasteiger partial charge in [0.05, 0.1) is 33.8 Å². The number of carbonyl (C=O) groups excluding carboxylic acids is 1. The molecule has 2 aliphatic rings. The molecule has 4 N–H and O–H groups in total. The summed E-state index contributed by atoms with van der Waals surface area (Å²) in [6.07, 6.45) is -3.55. The number of rotatable bonds is 4. The molecule has 33 heavy (non-hydrogen) atoms. The third kappa shape index (κ3) is 4.52. The van der Waals surface area contributed by atoms with Gasteiger partial charge in [-0.1, -0.05) is 23.7 Å². The molecule has 4 rings (SSSR count). The van der Waals surface area contributed by atoms with Crippen LogP contribution >= 0.6 is 11.6 Å². The van der Waals surface area contributed by atoms with Gasteiger partial charge in [-0.05, 0) is 62.6 Å². The van der Waals surface area contributed by atoms with Crippen LogP contribution < -0.4 is 10.6 Å². The molecule has 2 aromatic carbocycles. The summed E-state index contributed by atoms with van der Waals surface area (Å²) in [7, 11) is 0. The van der Waals surface area contributed by atoms with E-state index in [2.05, 4.69) is 10.6 Å². The molecule has 1 aliphatic carbocycles. The number of alkyl halides is 3. The Bertz CT molecular complexity index is 1080. The normalized spacial score (nSPS) is 27.7. The topological polar surface area (TPSA) is 88.5 Å². The SMILES string of the molecule is C[C@@]1(c2cccc(Nc3ccc(C(F)(F)F)cc3)c2Cl)CC(=O)N([C@H]2C[C@@](C)(O)C2)C(=N)N1. The summed E-state index contributed by atoms with van der Waals surface area (Å²) >= 11 is 6.64. The minimum absolute atomic E-state index is 0.0496. The van der Waals surface area contributed by atoms with Crippen LogP contribution in [-0.2, 0) is 16.5 Å². The van der Waals surface area contributed by atoms with Crippen molar-refractivity contribution in [2.75, 3.05) is 5.32 Å². The maximum Gasteiger partial charge on any atom is 0.416 e. The van der Waals surface area contributed by atoms with E-state index in [1.165, 1.54) is 17.0 Å². The molecule has 1 saturated heterocycles. The van der Waals surface area contributed by atoms with Gasteiger partial charge in [0.1, 0.15) is 0 Å². The van der Waals surface area contributed by atoms with Crippen molar-refractivity contribution in [2.24, 2.45) is 0 Å². The molecule has 6 nitrogen and oxygen atoms in total. The van der Waals surface area contributed by atoms with Gasteiger partial charge in [-0.15, -0.1) is 0 Å². The van der Waals surface area contributed by atoms with Crippen LogP contribution in [-0.4, -0.2) is 33.5 Å². The average molecular weight is 481 g/mol. The Morgan fingerprint density at radius 3 is 2.36 bits per heavy atom. The lowest BCUT2D eigenvalue weighted by atomic mass is 9.75. The van der Waals surface area contributed by atoms with Crippen molar-refractivity contribution in [1.29, 1.82) is 5.41 Å². The summed E-state index contributed by atoms with van der Waals surface area (Å²) in [4.78, 5) is 14.3. The first-order valence-corrected chi connectivity index (χ1v) is 10.8. The molecule has 176 valence electrons. The highest BCUT2D eigenvalue weighted by Crippen LogP contribution is 2.42. The predicted molar refractivity (Wildman–Crippen MR) is 120 cm³/mol. The maximum atomic E-state index is 13.0. The molecule has 0 bridgehead atoms. The zero-order valence-corrected chi connectivity index (χ0v) is 18.8. The van der Waals surface area contributed by atoms with Crippen LogP contribution in [0.25, 0.3) is 0 Å². The molecule has 0 radical (unpaired) electrons. The number of halogens is 4. The second-order valence-electron chi connectivity index (χ2n) is 9.17. The monoisotopic (exact) mass is 480 g/mol. The van der Waals surface area contributed by atoms with E-state index in [9.17, 15) is 23.1 Å². The molecule has 1 amide bonds. The summed E-state index contributed by atoms with van der Waals surface area (Å²) < 4.78 is 38.4. The Balaban J connectivity index is 1.55. The van der Waals surface area contributed by atoms with E-state index in [-0.39, 0.29) is 24.3 Å². The van der Waals surface area contributed by atoms with E-state index < -0.39 is 22.9 Å². The number of guanidine groups is 1. The van der Waals surface area contributed by atoms with E-state index in [1.807, 2.05) is 0 Å². The second-order valence-corrected chi connectivity index (χ2v) is 9.55. The third-order valence-electron chi connectivity index (χ3n) is 6.21. The van der Waals surface area contributed by atoms with E-state index >= 15 is 0 Å². The van der Waals surface area contributed by atoms with Crippen LogP contribution in [0.15, 0.2) is 42.5 Å². The van der Waals surface area contributed by atoms with Crippen LogP contribution in [0.3, 0.4) is 0 Å². The minimum Gasteiger partial charge on any atom is -0.390 e. The molecule has 2 fully saturated rings. The van der Waals surface area contributed by atoms with Crippen molar-refractivity contribution >= 4 is 34.8 Å². The van der Waals surface area contributed by atoms with Gasteiger partial charge >= 0.3 is 6.18 Å². The molecular weight excluding hydrogens is 457 g/mol. The first kappa shape index (κ1) is 23.4. The number of hydrogen-bond donors (Lipinski definition) is 4. The minimum atomic E-state index is -4.42. The van der Waals surface area contributed by atoms with E-state index in [0.717, 1.165) is 12.1 Å². The van der Waals surface area contributed by atoms with Gasteiger partial charge in [0, 0.05) is 11.7 Å². The first-order valence-electron chi connectivity index (χ1n) is 10.4. The third-order valence-corrected chi connectivity index (χ3v) is 6.62. The molecule has 1 heterocycles. The Morgan fingerprint density at radius 2 is 1.82 bits per heavy atom. The molecular formula is C23H24ClF3N4O2. The van der Waals surface area contributed by atoms with Crippen molar-refractivity contribution in [3.8, 4) is 0 Å². The Morgan fingerprint density at radius 1 is 1.18 bits per heavy atom. The fourth-order valence-corrected chi connectivity index (χ4v) is 4.90. The van der Waals surface area contributed by atoms with Gasteiger partial charge in [0.2, 0.25) is 5.91 Å². The molecule has 1 atom stereocenters. The smallest absolute Gasteiger partial charge is 0.390 e. The molecule has 0 unspecified atom stereocenters. The van der Waals surface area contributed by atoms with Crippen LogP contribution in [0.1, 0.15) is 44.2 Å². The largest absolute Gasteiger partial charge is 0.416 e. The van der Waals surface area contributed by atoms with Gasteiger partial charge in [0.15, 0.2) is 5.96 Å². The van der Waals surface area contributed by atoms with Gasteiger partial charge < -0.3 is 15.7 Å². The summed E-state index contributed by atoms with van der Waals surface area (Å²) in [5, 5.41) is 24.8. The van der Waals surface area contributed by atoms with Gasteiger partial charge in [-0.2, -0.15) is 13.2 Å². The van der Waals surface area contributed by atoms with Gasteiger partial charge in [0.25, 0.3) is 0 Å². The number of benzene rings is 2. The van der Waals surface area contributed by atoms with Crippen LogP contribution in [0.2, 0.25) is 5.02 Å². The summed E-state index contributed by atoms with van der Waals surface area (Å²) in [5.74, 6) is -0.287. The number of nitrogens with zero attached hydrogens (tertiary/aromatic N) is 1. The molecule has 0 spiro atoms. The van der Waals surface area contributed by atoms with Crippen molar-refractivity contribution in [2.45, 2.75) is 56.5 Å². The lowest BCUT2D eigenvalue weighted by molar-refractivity contribution is -0.140. The zero-order chi connectivity index (χ0) is 24.2. The summed E-state index contributed by atoms with van der Waals surface area (Å²) in [5.41, 5.74) is -1.05. The van der Waals surface area contributed by atoms with Crippen molar-refractivity contribution in [3.05, 3.63) is 58.6 Å². The standard InChI is InChI=1S/C23H24ClF3N4O2/c1-21(33)10-15(11-21)31-18(32)12-22(2,30-20(31)28)16-4-3-5-17(19(16)24)29-14-8-6-13(7-9-14)23(25,26)27/h3-9,15,29,33H,10-12H2,1-2H3,(H2,28,30)/t15-,21+,22-/m0/s1. The van der Waals surface area contributed by atoms with Crippen molar-refractivity contribution in [3.63, 3.8) is 0 Å². The van der Waals surface area contributed by atoms with Crippen LogP contribution in [0.5, 0.6) is 0 Å². The number of nitrogens with one attached hydrogen (secondary N) is 3. The van der Waals surface area contributed by atoms with Crippen LogP contribution in [0, 0.1) is 5.41 Å². The molecule has 1 saturated carbocycles. The lowest BCUT2D eigenvalue weighted by Crippen LogP contribution is -2.66. The summed E-state index contributed by atoms with van der Waals surface area (Å²) in [6, 6.07) is 9.54. The van der Waals surface area contributed by atoms with Gasteiger partial charge in [-0.25, -0.2) is 0 Å². The van der Waals surface area contributed by atoms with E-state index in [1.54, 1.807) is 32.0 Å². The molecule has 0 aromatic heterocycles. The summed E-state index contributed by atoms with van der Waals surface area (Å²) in [6.45, 7) is 3.48. The molecule has 2 aromatic rings. The Labute approximate surface area is 194 Å². The number of carbonyl (C=O) groups is 1. The molecule has 10 heteroatoms. The van der Waals surface area contributed by atoms with Gasteiger partial charge in [-0.3, -0.25) is 15.1 Å². The highest BCUT2D eigenvalue weighted by Gasteiger charge is 2.49. The van der Waals surface area contributed by atoms with E-state index in [0.29, 0.717) is 34.8 Å². The number of hydrogen-bond acceptors (Lipinski definition) is 4. The Kier molecular flexibility index (Phi) is 5.61. The number of anilines is 2. The fourth-order valence-electron chi connectivity index (χ4n) is 4.52. The zero-order valence-electron chi connectivity index (χ0n) is 18.1. The predicted octanol–water partition coefficient (Wildman–Crippen LogP) is 4.99. The average Bonchev–Trinajstić information content (AvgIpc) is 2.67.